The van der Waals surface area contributed by atoms with Crippen molar-refractivity contribution in [2.75, 3.05) is 32.8 Å². The third kappa shape index (κ3) is 5.63. The van der Waals surface area contributed by atoms with Crippen LogP contribution in [0, 0.1) is 17.8 Å². The highest BCUT2D eigenvalue weighted by molar-refractivity contribution is 5.39. The first-order valence-electron chi connectivity index (χ1n) is 11.7. The molecule has 3 fully saturated rings. The smallest absolute Gasteiger partial charge is 0.390 e. The Morgan fingerprint density at radius 1 is 1.00 bits per heavy atom. The minimum absolute atomic E-state index is 0.0444. The van der Waals surface area contributed by atoms with E-state index in [1.54, 1.807) is 0 Å². The quantitative estimate of drug-likeness (QED) is 0.712. The van der Waals surface area contributed by atoms with Gasteiger partial charge in [0.2, 0.25) is 0 Å². The van der Waals surface area contributed by atoms with E-state index in [1.165, 1.54) is 25.7 Å². The molecule has 0 aromatic heterocycles. The van der Waals surface area contributed by atoms with Gasteiger partial charge in [-0.25, -0.2) is 0 Å². The number of alkyl halides is 3. The van der Waals surface area contributed by atoms with Gasteiger partial charge in [0.25, 0.3) is 0 Å². The number of halogens is 3. The number of aliphatic hydroxyl groups excluding tert-OH is 1. The summed E-state index contributed by atoms with van der Waals surface area (Å²) in [6, 6.07) is 8.51. The lowest BCUT2D eigenvalue weighted by Gasteiger charge is -2.57. The monoisotopic (exact) mass is 434 g/mol. The van der Waals surface area contributed by atoms with Crippen LogP contribution >= 0.6 is 0 Å². The fraction of sp³-hybridized carbons (Fsp3) is 0.680. The molecule has 1 N–H and O–H groups in total. The summed E-state index contributed by atoms with van der Waals surface area (Å²) in [6.45, 7) is 2.38. The van der Waals surface area contributed by atoms with Crippen molar-refractivity contribution >= 4 is 0 Å². The zero-order valence-corrected chi connectivity index (χ0v) is 18.1. The third-order valence-corrected chi connectivity index (χ3v) is 7.24. The fourth-order valence-corrected chi connectivity index (χ4v) is 5.54. The van der Waals surface area contributed by atoms with E-state index in [4.69, 9.17) is 0 Å². The molecular weight excluding hydrogens is 401 g/mol. The summed E-state index contributed by atoms with van der Waals surface area (Å²) in [5.41, 5.74) is 2.17. The first-order chi connectivity index (χ1) is 14.9. The number of fused-ring (bicyclic) bond motifs is 1. The summed E-state index contributed by atoms with van der Waals surface area (Å²) in [5, 5.41) is 10.0. The lowest BCUT2D eigenvalue weighted by atomic mass is 9.74. The molecule has 6 heteroatoms. The van der Waals surface area contributed by atoms with Gasteiger partial charge in [-0.15, -0.1) is 0 Å². The molecule has 3 atom stereocenters. The van der Waals surface area contributed by atoms with Crippen LogP contribution in [0.2, 0.25) is 0 Å². The fourth-order valence-electron chi connectivity index (χ4n) is 5.54. The van der Waals surface area contributed by atoms with E-state index >= 15 is 0 Å². The molecule has 2 aliphatic heterocycles. The van der Waals surface area contributed by atoms with E-state index in [2.05, 4.69) is 41.0 Å². The van der Waals surface area contributed by atoms with Crippen LogP contribution in [-0.4, -0.2) is 66.0 Å². The van der Waals surface area contributed by atoms with Crippen LogP contribution in [0.15, 0.2) is 24.3 Å². The molecule has 0 radical (unpaired) electrons. The van der Waals surface area contributed by atoms with Crippen molar-refractivity contribution in [2.45, 2.75) is 69.1 Å². The number of hydrogen-bond acceptors (Lipinski definition) is 3. The van der Waals surface area contributed by atoms with Gasteiger partial charge in [0.15, 0.2) is 0 Å². The zero-order valence-electron chi connectivity index (χ0n) is 18.1. The highest BCUT2D eigenvalue weighted by Gasteiger charge is 2.49. The summed E-state index contributed by atoms with van der Waals surface area (Å²) in [5.74, 6) is 7.36. The van der Waals surface area contributed by atoms with Crippen LogP contribution in [0.25, 0.3) is 0 Å². The minimum atomic E-state index is -4.12. The van der Waals surface area contributed by atoms with E-state index in [0.29, 0.717) is 19.0 Å². The summed E-state index contributed by atoms with van der Waals surface area (Å²) < 4.78 is 38.3. The molecule has 3 nitrogen and oxygen atoms in total. The molecule has 1 aliphatic carbocycles. The Hall–Kier alpha value is -1.55. The zero-order chi connectivity index (χ0) is 21.8. The standard InChI is InChI=1S/C25H33F3N2O/c26-25(27,28)13-16-29-14-3-4-15-30-22(17-29)24(23(30)18-31)21-11-9-20(10-12-21)8-7-19-5-1-2-6-19/h9-12,19,22-24,31H,1-6,13-18H2/t22-,23-,24-/m1/s1. The van der Waals surface area contributed by atoms with Gasteiger partial charge in [-0.3, -0.25) is 4.90 Å². The molecule has 1 aromatic carbocycles. The summed E-state index contributed by atoms with van der Waals surface area (Å²) in [7, 11) is 0. The Balaban J connectivity index is 1.45. The molecule has 1 aromatic rings. The molecule has 0 bridgehead atoms. The van der Waals surface area contributed by atoms with E-state index < -0.39 is 12.6 Å². The van der Waals surface area contributed by atoms with Crippen LogP contribution < -0.4 is 0 Å². The van der Waals surface area contributed by atoms with E-state index in [-0.39, 0.29) is 31.2 Å². The molecule has 2 heterocycles. The van der Waals surface area contributed by atoms with Crippen molar-refractivity contribution < 1.29 is 18.3 Å². The molecule has 1 saturated carbocycles. The van der Waals surface area contributed by atoms with Crippen molar-refractivity contribution in [2.24, 2.45) is 5.92 Å². The average Bonchev–Trinajstić information content (AvgIpc) is 3.24. The highest BCUT2D eigenvalue weighted by Crippen LogP contribution is 2.42. The Morgan fingerprint density at radius 3 is 2.39 bits per heavy atom. The summed E-state index contributed by atoms with van der Waals surface area (Å²) in [4.78, 5) is 4.27. The largest absolute Gasteiger partial charge is 0.395 e. The lowest BCUT2D eigenvalue weighted by Crippen LogP contribution is -2.67. The number of aliphatic hydroxyl groups is 1. The van der Waals surface area contributed by atoms with Crippen molar-refractivity contribution in [3.05, 3.63) is 35.4 Å². The topological polar surface area (TPSA) is 26.7 Å². The van der Waals surface area contributed by atoms with Gasteiger partial charge in [-0.2, -0.15) is 13.2 Å². The second-order valence-electron chi connectivity index (χ2n) is 9.33. The molecule has 2 saturated heterocycles. The summed E-state index contributed by atoms with van der Waals surface area (Å²) >= 11 is 0. The minimum Gasteiger partial charge on any atom is -0.395 e. The molecule has 31 heavy (non-hydrogen) atoms. The van der Waals surface area contributed by atoms with Crippen molar-refractivity contribution in [1.82, 2.24) is 9.80 Å². The highest BCUT2D eigenvalue weighted by atomic mass is 19.4. The van der Waals surface area contributed by atoms with Gasteiger partial charge in [0.05, 0.1) is 13.0 Å². The predicted octanol–water partition coefficient (Wildman–Crippen LogP) is 4.41. The average molecular weight is 435 g/mol. The molecule has 170 valence electrons. The Morgan fingerprint density at radius 2 is 1.71 bits per heavy atom. The molecule has 0 spiro atoms. The van der Waals surface area contributed by atoms with Gasteiger partial charge in [0.1, 0.15) is 0 Å². The van der Waals surface area contributed by atoms with Crippen LogP contribution in [-0.2, 0) is 0 Å². The van der Waals surface area contributed by atoms with Crippen LogP contribution in [0.1, 0.15) is 62.0 Å². The number of rotatable bonds is 4. The maximum atomic E-state index is 12.8. The second-order valence-corrected chi connectivity index (χ2v) is 9.33. The van der Waals surface area contributed by atoms with Crippen LogP contribution in [0.4, 0.5) is 13.2 Å². The normalized spacial score (nSPS) is 28.2. The van der Waals surface area contributed by atoms with Crippen molar-refractivity contribution in [3.63, 3.8) is 0 Å². The second kappa shape index (κ2) is 9.94. The maximum absolute atomic E-state index is 12.8. The van der Waals surface area contributed by atoms with E-state index in [9.17, 15) is 18.3 Å². The van der Waals surface area contributed by atoms with Crippen LogP contribution in [0.3, 0.4) is 0 Å². The molecule has 4 rings (SSSR count). The van der Waals surface area contributed by atoms with Crippen molar-refractivity contribution in [1.29, 1.82) is 0 Å². The molecule has 0 amide bonds. The number of benzene rings is 1. The van der Waals surface area contributed by atoms with Gasteiger partial charge in [-0.1, -0.05) is 36.8 Å². The molecule has 0 unspecified atom stereocenters. The Bertz CT molecular complexity index is 777. The van der Waals surface area contributed by atoms with Crippen LogP contribution in [0.5, 0.6) is 0 Å². The van der Waals surface area contributed by atoms with Gasteiger partial charge in [0, 0.05) is 42.6 Å². The van der Waals surface area contributed by atoms with Gasteiger partial charge in [-0.05, 0) is 56.5 Å². The first-order valence-corrected chi connectivity index (χ1v) is 11.7. The summed E-state index contributed by atoms with van der Waals surface area (Å²) in [6.07, 6.45) is 1.94. The third-order valence-electron chi connectivity index (χ3n) is 7.24. The Kier molecular flexibility index (Phi) is 7.26. The van der Waals surface area contributed by atoms with E-state index in [1.807, 2.05) is 4.90 Å². The first kappa shape index (κ1) is 22.6. The van der Waals surface area contributed by atoms with Gasteiger partial charge >= 0.3 is 6.18 Å². The number of nitrogens with zero attached hydrogens (tertiary/aromatic N) is 2. The maximum Gasteiger partial charge on any atom is 0.390 e. The molecule has 3 aliphatic rings. The van der Waals surface area contributed by atoms with Gasteiger partial charge < -0.3 is 10.0 Å². The predicted molar refractivity (Wildman–Crippen MR) is 116 cm³/mol. The lowest BCUT2D eigenvalue weighted by molar-refractivity contribution is -0.140. The molecular formula is C25H33F3N2O. The van der Waals surface area contributed by atoms with Crippen molar-refractivity contribution in [3.8, 4) is 11.8 Å². The number of hydrogen-bond donors (Lipinski definition) is 1. The van der Waals surface area contributed by atoms with E-state index in [0.717, 1.165) is 30.5 Å². The SMILES string of the molecule is OC[C@@H]1[C@H](c2ccc(C#CC3CCCC3)cc2)[C@H]2CN(CCC(F)(F)F)CCCCN12. The Labute approximate surface area is 183 Å².